The average molecular weight is 565 g/mol. The number of carbonyl (C=O) groups excluding carboxylic acids is 3. The van der Waals surface area contributed by atoms with E-state index < -0.39 is 17.7 Å². The third-order valence-corrected chi connectivity index (χ3v) is 8.09. The number of ether oxygens (including phenoxy) is 1. The van der Waals surface area contributed by atoms with Crippen molar-refractivity contribution in [3.8, 4) is 11.5 Å². The number of rotatable bonds is 6. The van der Waals surface area contributed by atoms with Crippen LogP contribution in [-0.4, -0.2) is 36.9 Å². The van der Waals surface area contributed by atoms with Crippen LogP contribution in [0.25, 0.3) is 11.4 Å². The van der Waals surface area contributed by atoms with Crippen LogP contribution in [0, 0.1) is 13.8 Å². The van der Waals surface area contributed by atoms with E-state index in [0.717, 1.165) is 11.3 Å². The van der Waals surface area contributed by atoms with E-state index in [0.29, 0.717) is 44.7 Å². The molecule has 0 aliphatic carbocycles. The van der Waals surface area contributed by atoms with E-state index >= 15 is 0 Å². The second-order valence-electron chi connectivity index (χ2n) is 9.60. The van der Waals surface area contributed by atoms with E-state index in [2.05, 4.69) is 9.97 Å². The van der Waals surface area contributed by atoms with Crippen LogP contribution in [0.3, 0.4) is 0 Å². The fourth-order valence-electron chi connectivity index (χ4n) is 5.06. The molecule has 1 saturated heterocycles. The van der Waals surface area contributed by atoms with E-state index in [9.17, 15) is 19.5 Å². The Morgan fingerprint density at radius 3 is 2.39 bits per heavy atom. The number of amides is 1. The number of aryl methyl sites for hydroxylation is 2. The Balaban J connectivity index is 1.56. The largest absolute Gasteiger partial charge is 0.505 e. The standard InChI is InChI=1S/C31H24N4O5S/c1-17-25(34-15-8-7-14-23(34)32-17)27(37)24-26(20-10-9-13-22(16-20)40-21-11-5-4-6-12-21)35(30(39)28(24)38)31-33-18(2)29(41-31)19(3)36/h4-16,26,37H,1-3H3/b27-24+. The zero-order valence-corrected chi connectivity index (χ0v) is 23.2. The molecular weight excluding hydrogens is 540 g/mol. The number of imidazole rings is 1. The second kappa shape index (κ2) is 10.1. The molecule has 0 saturated carbocycles. The fourth-order valence-corrected chi connectivity index (χ4v) is 6.05. The van der Waals surface area contributed by atoms with Crippen molar-refractivity contribution in [1.82, 2.24) is 14.4 Å². The number of anilines is 1. The highest BCUT2D eigenvalue weighted by Crippen LogP contribution is 2.45. The summed E-state index contributed by atoms with van der Waals surface area (Å²) < 4.78 is 7.71. The van der Waals surface area contributed by atoms with E-state index in [-0.39, 0.29) is 22.2 Å². The smallest absolute Gasteiger partial charge is 0.301 e. The van der Waals surface area contributed by atoms with Gasteiger partial charge < -0.3 is 9.84 Å². The van der Waals surface area contributed by atoms with E-state index in [4.69, 9.17) is 4.74 Å². The minimum atomic E-state index is -1.05. The summed E-state index contributed by atoms with van der Waals surface area (Å²) in [6, 6.07) is 20.5. The first-order chi connectivity index (χ1) is 19.7. The lowest BCUT2D eigenvalue weighted by molar-refractivity contribution is -0.132. The second-order valence-corrected chi connectivity index (χ2v) is 10.6. The van der Waals surface area contributed by atoms with Crippen molar-refractivity contribution < 1.29 is 24.2 Å². The van der Waals surface area contributed by atoms with Gasteiger partial charge in [-0.15, -0.1) is 0 Å². The van der Waals surface area contributed by atoms with Gasteiger partial charge in [0, 0.05) is 13.1 Å². The van der Waals surface area contributed by atoms with Gasteiger partial charge in [-0.2, -0.15) is 0 Å². The number of thiazole rings is 1. The summed E-state index contributed by atoms with van der Waals surface area (Å²) >= 11 is 1.03. The van der Waals surface area contributed by atoms with E-state index in [1.807, 2.05) is 36.4 Å². The Bertz CT molecular complexity index is 1890. The van der Waals surface area contributed by atoms with Gasteiger partial charge in [0.25, 0.3) is 5.78 Å². The van der Waals surface area contributed by atoms with Gasteiger partial charge in [0.2, 0.25) is 0 Å². The summed E-state index contributed by atoms with van der Waals surface area (Å²) in [6.45, 7) is 4.83. The lowest BCUT2D eigenvalue weighted by Gasteiger charge is -2.23. The number of hydrogen-bond donors (Lipinski definition) is 1. The molecule has 6 rings (SSSR count). The molecule has 41 heavy (non-hydrogen) atoms. The number of ketones is 2. The molecule has 2 aromatic carbocycles. The molecule has 0 radical (unpaired) electrons. The molecule has 1 atom stereocenters. The molecule has 0 spiro atoms. The zero-order valence-electron chi connectivity index (χ0n) is 22.4. The van der Waals surface area contributed by atoms with Crippen molar-refractivity contribution in [1.29, 1.82) is 0 Å². The monoisotopic (exact) mass is 564 g/mol. The molecule has 1 unspecified atom stereocenters. The highest BCUT2D eigenvalue weighted by Gasteiger charge is 2.49. The molecule has 1 aliphatic heterocycles. The van der Waals surface area contributed by atoms with Gasteiger partial charge in [0.05, 0.1) is 27.9 Å². The molecule has 1 amide bonds. The highest BCUT2D eigenvalue weighted by molar-refractivity contribution is 7.18. The number of Topliss-reactive ketones (excluding diaryl/α,β-unsaturated/α-hetero) is 2. The van der Waals surface area contributed by atoms with Crippen LogP contribution in [0.4, 0.5) is 5.13 Å². The molecule has 9 nitrogen and oxygen atoms in total. The minimum Gasteiger partial charge on any atom is -0.505 e. The number of hydrogen-bond acceptors (Lipinski definition) is 8. The molecule has 0 bridgehead atoms. The summed E-state index contributed by atoms with van der Waals surface area (Å²) in [7, 11) is 0. The topological polar surface area (TPSA) is 114 Å². The lowest BCUT2D eigenvalue weighted by atomic mass is 9.96. The molecule has 204 valence electrons. The first-order valence-corrected chi connectivity index (χ1v) is 13.6. The molecule has 1 N–H and O–H groups in total. The van der Waals surface area contributed by atoms with Gasteiger partial charge in [-0.25, -0.2) is 9.97 Å². The summed E-state index contributed by atoms with van der Waals surface area (Å²) in [4.78, 5) is 50.2. The van der Waals surface area contributed by atoms with Crippen molar-refractivity contribution >= 4 is 45.3 Å². The number of fused-ring (bicyclic) bond motifs is 1. The maximum absolute atomic E-state index is 13.7. The lowest BCUT2D eigenvalue weighted by Crippen LogP contribution is -2.29. The normalized spacial score (nSPS) is 16.5. The first-order valence-electron chi connectivity index (χ1n) is 12.8. The van der Waals surface area contributed by atoms with Gasteiger partial charge in [0.1, 0.15) is 22.8 Å². The van der Waals surface area contributed by atoms with Gasteiger partial charge in [0.15, 0.2) is 16.7 Å². The fraction of sp³-hybridized carbons (Fsp3) is 0.129. The third kappa shape index (κ3) is 4.48. The van der Waals surface area contributed by atoms with E-state index in [1.54, 1.807) is 60.8 Å². The maximum Gasteiger partial charge on any atom is 0.301 e. The number of nitrogens with zero attached hydrogens (tertiary/aromatic N) is 4. The summed E-state index contributed by atoms with van der Waals surface area (Å²) in [5.74, 6) is -1.20. The molecular formula is C31H24N4O5S. The van der Waals surface area contributed by atoms with Crippen molar-refractivity contribution in [3.63, 3.8) is 0 Å². The Kier molecular flexibility index (Phi) is 6.47. The summed E-state index contributed by atoms with van der Waals surface area (Å²) in [6.07, 6.45) is 1.73. The predicted octanol–water partition coefficient (Wildman–Crippen LogP) is 6.03. The number of aromatic nitrogens is 3. The van der Waals surface area contributed by atoms with E-state index in [1.165, 1.54) is 11.8 Å². The third-order valence-electron chi connectivity index (χ3n) is 6.84. The average Bonchev–Trinajstić information content (AvgIpc) is 3.59. The number of benzene rings is 2. The molecule has 3 aromatic heterocycles. The minimum absolute atomic E-state index is 0.113. The van der Waals surface area contributed by atoms with Crippen LogP contribution in [0.5, 0.6) is 11.5 Å². The molecule has 10 heteroatoms. The van der Waals surface area contributed by atoms with Gasteiger partial charge in [-0.1, -0.05) is 47.7 Å². The summed E-state index contributed by atoms with van der Waals surface area (Å²) in [5.41, 5.74) is 2.23. The van der Waals surface area contributed by atoms with Crippen molar-refractivity contribution in [2.45, 2.75) is 26.8 Å². The van der Waals surface area contributed by atoms with Crippen molar-refractivity contribution in [3.05, 3.63) is 112 Å². The van der Waals surface area contributed by atoms with Crippen LogP contribution in [0.15, 0.2) is 84.6 Å². The molecule has 1 aliphatic rings. The number of carbonyl (C=O) groups is 3. The number of aliphatic hydroxyl groups is 1. The van der Waals surface area contributed by atoms with Crippen LogP contribution in [0.1, 0.15) is 45.3 Å². The highest BCUT2D eigenvalue weighted by atomic mass is 32.1. The maximum atomic E-state index is 13.7. The Morgan fingerprint density at radius 1 is 0.927 bits per heavy atom. The molecule has 5 aromatic rings. The number of pyridine rings is 1. The van der Waals surface area contributed by atoms with Crippen LogP contribution in [-0.2, 0) is 9.59 Å². The van der Waals surface area contributed by atoms with Crippen LogP contribution >= 0.6 is 11.3 Å². The van der Waals surface area contributed by atoms with Crippen molar-refractivity contribution in [2.75, 3.05) is 4.90 Å². The van der Waals surface area contributed by atoms with Crippen LogP contribution < -0.4 is 9.64 Å². The van der Waals surface area contributed by atoms with Crippen LogP contribution in [0.2, 0.25) is 0 Å². The molecule has 1 fully saturated rings. The predicted molar refractivity (Wildman–Crippen MR) is 155 cm³/mol. The Labute approximate surface area is 239 Å². The number of aliphatic hydroxyl groups excluding tert-OH is 1. The first kappa shape index (κ1) is 26.1. The SMILES string of the molecule is CC(=O)c1sc(N2C(=O)C(=O)/C(=C(/O)c3c(C)nc4ccccn34)C2c2cccc(Oc3ccccc3)c2)nc1C. The van der Waals surface area contributed by atoms with Gasteiger partial charge >= 0.3 is 5.91 Å². The van der Waals surface area contributed by atoms with Gasteiger partial charge in [-0.3, -0.25) is 23.7 Å². The van der Waals surface area contributed by atoms with Gasteiger partial charge in [-0.05, 0) is 55.8 Å². The number of para-hydroxylation sites is 1. The zero-order chi connectivity index (χ0) is 28.8. The Hall–Kier alpha value is -5.09. The van der Waals surface area contributed by atoms with Crippen molar-refractivity contribution in [2.24, 2.45) is 0 Å². The molecule has 4 heterocycles. The Morgan fingerprint density at radius 2 is 1.66 bits per heavy atom. The quantitative estimate of drug-likeness (QED) is 0.116. The summed E-state index contributed by atoms with van der Waals surface area (Å²) in [5, 5.41) is 11.9.